The number of rotatable bonds is 3. The van der Waals surface area contributed by atoms with Gasteiger partial charge in [0.1, 0.15) is 6.54 Å². The molecule has 0 bridgehead atoms. The Bertz CT molecular complexity index is 573. The molecule has 1 amide bonds. The van der Waals surface area contributed by atoms with E-state index >= 15 is 0 Å². The van der Waals surface area contributed by atoms with Crippen molar-refractivity contribution < 1.29 is 4.79 Å². The summed E-state index contributed by atoms with van der Waals surface area (Å²) in [5, 5.41) is 7.67. The third kappa shape index (κ3) is 4.60. The summed E-state index contributed by atoms with van der Waals surface area (Å²) in [7, 11) is 3.51. The number of carbonyl (C=O) groups is 1. The second kappa shape index (κ2) is 8.37. The van der Waals surface area contributed by atoms with Crippen molar-refractivity contribution in [3.8, 4) is 0 Å². The van der Waals surface area contributed by atoms with E-state index in [2.05, 4.69) is 22.0 Å². The number of nitrogens with one attached hydrogen (secondary N) is 1. The fourth-order valence-electron chi connectivity index (χ4n) is 2.18. The quantitative estimate of drug-likeness (QED) is 0.435. The molecule has 1 aromatic rings. The number of hydrogen-bond acceptors (Lipinski definition) is 3. The molecule has 1 aromatic heterocycles. The maximum atomic E-state index is 12.3. The Kier molecular flexibility index (Phi) is 7.14. The van der Waals surface area contributed by atoms with E-state index in [1.165, 1.54) is 0 Å². The van der Waals surface area contributed by atoms with E-state index in [0.29, 0.717) is 30.6 Å². The van der Waals surface area contributed by atoms with Crippen LogP contribution >= 0.6 is 35.6 Å². The van der Waals surface area contributed by atoms with Gasteiger partial charge < -0.3 is 15.1 Å². The molecule has 1 saturated heterocycles. The van der Waals surface area contributed by atoms with Crippen molar-refractivity contribution in [2.75, 3.05) is 38.1 Å². The predicted octanol–water partition coefficient (Wildman–Crippen LogP) is 1.01. The molecule has 122 valence electrons. The van der Waals surface area contributed by atoms with Crippen molar-refractivity contribution in [3.63, 3.8) is 0 Å². The number of aliphatic imine (C=N–C) groups is 1. The van der Waals surface area contributed by atoms with Gasteiger partial charge in [0.05, 0.1) is 18.4 Å². The molecular weight excluding hydrogens is 419 g/mol. The number of guanidine groups is 1. The molecule has 0 spiro atoms. The van der Waals surface area contributed by atoms with Crippen LogP contribution in [0.2, 0.25) is 0 Å². The SMILES string of the molecule is C=C(Cl)CNC(=NC)N1CCN(c2cnn(C)c2)C(=O)C1.I. The molecule has 2 rings (SSSR count). The lowest BCUT2D eigenvalue weighted by atomic mass is 10.3. The number of amides is 1. The van der Waals surface area contributed by atoms with Crippen molar-refractivity contribution in [2.24, 2.45) is 12.0 Å². The van der Waals surface area contributed by atoms with Gasteiger partial charge in [0.2, 0.25) is 5.91 Å². The molecular formula is C13H20ClIN6O. The minimum atomic E-state index is 0. The first-order valence-corrected chi connectivity index (χ1v) is 6.97. The van der Waals surface area contributed by atoms with Crippen LogP contribution in [0.5, 0.6) is 0 Å². The Morgan fingerprint density at radius 3 is 2.77 bits per heavy atom. The van der Waals surface area contributed by atoms with Gasteiger partial charge >= 0.3 is 0 Å². The van der Waals surface area contributed by atoms with Gasteiger partial charge in [0.25, 0.3) is 0 Å². The smallest absolute Gasteiger partial charge is 0.246 e. The van der Waals surface area contributed by atoms with E-state index in [9.17, 15) is 4.79 Å². The van der Waals surface area contributed by atoms with Gasteiger partial charge in [-0.25, -0.2) is 0 Å². The highest BCUT2D eigenvalue weighted by atomic mass is 127. The maximum absolute atomic E-state index is 12.3. The van der Waals surface area contributed by atoms with Gasteiger partial charge in [0, 0.05) is 38.4 Å². The molecule has 1 aliphatic rings. The van der Waals surface area contributed by atoms with Crippen LogP contribution in [0.4, 0.5) is 5.69 Å². The van der Waals surface area contributed by atoms with Crippen LogP contribution < -0.4 is 10.2 Å². The van der Waals surface area contributed by atoms with Gasteiger partial charge in [-0.2, -0.15) is 5.10 Å². The zero-order valence-corrected chi connectivity index (χ0v) is 15.7. The molecule has 1 aliphatic heterocycles. The molecule has 0 saturated carbocycles. The molecule has 1 N–H and O–H groups in total. The summed E-state index contributed by atoms with van der Waals surface area (Å²) in [5.41, 5.74) is 0.819. The summed E-state index contributed by atoms with van der Waals surface area (Å²) in [6, 6.07) is 0. The summed E-state index contributed by atoms with van der Waals surface area (Å²) in [4.78, 5) is 20.1. The van der Waals surface area contributed by atoms with Crippen molar-refractivity contribution in [3.05, 3.63) is 24.0 Å². The average molecular weight is 439 g/mol. The topological polar surface area (TPSA) is 65.8 Å². The first-order chi connectivity index (χ1) is 10.0. The normalized spacial score (nSPS) is 15.6. The number of aromatic nitrogens is 2. The van der Waals surface area contributed by atoms with Gasteiger partial charge in [-0.3, -0.25) is 14.5 Å². The molecule has 0 aromatic carbocycles. The third-order valence-electron chi connectivity index (χ3n) is 3.17. The van der Waals surface area contributed by atoms with Gasteiger partial charge in [-0.15, -0.1) is 24.0 Å². The van der Waals surface area contributed by atoms with E-state index in [0.717, 1.165) is 5.69 Å². The zero-order chi connectivity index (χ0) is 15.4. The standard InChI is InChI=1S/C13H19ClN6O.HI/c1-10(14)6-16-13(15-2)19-4-5-20(12(21)9-19)11-7-17-18(3)8-11;/h7-8H,1,4-6,9H2,2-3H3,(H,15,16);1H. The number of carbonyl (C=O) groups excluding carboxylic acids is 1. The van der Waals surface area contributed by atoms with Crippen molar-refractivity contribution in [1.82, 2.24) is 20.0 Å². The van der Waals surface area contributed by atoms with Crippen LogP contribution in [0.1, 0.15) is 0 Å². The maximum Gasteiger partial charge on any atom is 0.246 e. The number of hydrogen-bond donors (Lipinski definition) is 1. The Morgan fingerprint density at radius 1 is 1.55 bits per heavy atom. The highest BCUT2D eigenvalue weighted by molar-refractivity contribution is 14.0. The molecule has 0 radical (unpaired) electrons. The first-order valence-electron chi connectivity index (χ1n) is 6.59. The first kappa shape index (κ1) is 18.8. The second-order valence-electron chi connectivity index (χ2n) is 4.76. The highest BCUT2D eigenvalue weighted by Gasteiger charge is 2.27. The highest BCUT2D eigenvalue weighted by Crippen LogP contribution is 2.16. The van der Waals surface area contributed by atoms with E-state index in [1.807, 2.05) is 18.1 Å². The monoisotopic (exact) mass is 438 g/mol. The van der Waals surface area contributed by atoms with Crippen LogP contribution in [0.15, 0.2) is 29.0 Å². The van der Waals surface area contributed by atoms with Crippen LogP contribution in [-0.2, 0) is 11.8 Å². The summed E-state index contributed by atoms with van der Waals surface area (Å²) in [6.45, 7) is 5.59. The largest absolute Gasteiger partial charge is 0.351 e. The summed E-state index contributed by atoms with van der Waals surface area (Å²) in [5.74, 6) is 0.665. The Labute approximate surface area is 152 Å². The fraction of sp³-hybridized carbons (Fsp3) is 0.462. The summed E-state index contributed by atoms with van der Waals surface area (Å²) >= 11 is 5.74. The lowest BCUT2D eigenvalue weighted by Gasteiger charge is -2.35. The van der Waals surface area contributed by atoms with Crippen molar-refractivity contribution in [2.45, 2.75) is 0 Å². The van der Waals surface area contributed by atoms with Crippen molar-refractivity contribution >= 4 is 53.1 Å². The van der Waals surface area contributed by atoms with E-state index in [-0.39, 0.29) is 36.4 Å². The van der Waals surface area contributed by atoms with E-state index < -0.39 is 0 Å². The molecule has 7 nitrogen and oxygen atoms in total. The Hall–Kier alpha value is -1.29. The number of piperazine rings is 1. The van der Waals surface area contributed by atoms with Crippen LogP contribution in [-0.4, -0.2) is 59.8 Å². The van der Waals surface area contributed by atoms with Crippen LogP contribution in [0, 0.1) is 0 Å². The van der Waals surface area contributed by atoms with Gasteiger partial charge in [-0.05, 0) is 0 Å². The van der Waals surface area contributed by atoms with Gasteiger partial charge in [-0.1, -0.05) is 18.2 Å². The summed E-state index contributed by atoms with van der Waals surface area (Å²) in [6.07, 6.45) is 3.52. The Balaban J connectivity index is 0.00000242. The third-order valence-corrected chi connectivity index (χ3v) is 3.31. The van der Waals surface area contributed by atoms with E-state index in [1.54, 1.807) is 22.8 Å². The van der Waals surface area contributed by atoms with Gasteiger partial charge in [0.15, 0.2) is 5.96 Å². The lowest BCUT2D eigenvalue weighted by molar-refractivity contribution is -0.120. The predicted molar refractivity (Wildman–Crippen MR) is 98.9 cm³/mol. The molecule has 0 atom stereocenters. The molecule has 0 aliphatic carbocycles. The molecule has 9 heteroatoms. The lowest BCUT2D eigenvalue weighted by Crippen LogP contribution is -2.55. The van der Waals surface area contributed by atoms with Crippen molar-refractivity contribution in [1.29, 1.82) is 0 Å². The average Bonchev–Trinajstić information content (AvgIpc) is 2.85. The van der Waals surface area contributed by atoms with Crippen LogP contribution in [0.25, 0.3) is 0 Å². The number of nitrogens with zero attached hydrogens (tertiary/aromatic N) is 5. The minimum absolute atomic E-state index is 0. The summed E-state index contributed by atoms with van der Waals surface area (Å²) < 4.78 is 1.68. The molecule has 2 heterocycles. The zero-order valence-electron chi connectivity index (χ0n) is 12.6. The van der Waals surface area contributed by atoms with Crippen LogP contribution in [0.3, 0.4) is 0 Å². The fourth-order valence-corrected chi connectivity index (χ4v) is 2.25. The Morgan fingerprint density at radius 2 is 2.27 bits per heavy atom. The van der Waals surface area contributed by atoms with E-state index in [4.69, 9.17) is 11.6 Å². The second-order valence-corrected chi connectivity index (χ2v) is 5.29. The molecule has 0 unspecified atom stereocenters. The molecule has 1 fully saturated rings. The number of anilines is 1. The molecule has 22 heavy (non-hydrogen) atoms. The number of aryl methyl sites for hydroxylation is 1. The minimum Gasteiger partial charge on any atom is -0.351 e. The number of halogens is 2.